The quantitative estimate of drug-likeness (QED) is 0.513. The van der Waals surface area contributed by atoms with E-state index in [1.165, 1.54) is 0 Å². The van der Waals surface area contributed by atoms with Crippen LogP contribution < -0.4 is 0 Å². The van der Waals surface area contributed by atoms with Gasteiger partial charge in [-0.1, -0.05) is 49.2 Å². The molecule has 0 aliphatic carbocycles. The first-order valence-corrected chi connectivity index (χ1v) is 7.76. The largest absolute Gasteiger partial charge is 0.507 e. The van der Waals surface area contributed by atoms with E-state index < -0.39 is 0 Å². The first kappa shape index (κ1) is 13.2. The summed E-state index contributed by atoms with van der Waals surface area (Å²) in [6.07, 6.45) is 1.83. The predicted octanol–water partition coefficient (Wildman–Crippen LogP) is 5.71. The summed E-state index contributed by atoms with van der Waals surface area (Å²) in [5.74, 6) is 0.402. The highest BCUT2D eigenvalue weighted by atomic mass is 16.3. The summed E-state index contributed by atoms with van der Waals surface area (Å²) in [4.78, 5) is 0. The van der Waals surface area contributed by atoms with Crippen molar-refractivity contribution in [2.45, 2.75) is 26.7 Å². The van der Waals surface area contributed by atoms with Gasteiger partial charge in [-0.2, -0.15) is 0 Å². The van der Waals surface area contributed by atoms with Gasteiger partial charge in [0, 0.05) is 27.1 Å². The molecule has 4 aromatic rings. The predicted molar refractivity (Wildman–Crippen MR) is 91.6 cm³/mol. The molecule has 0 bridgehead atoms. The van der Waals surface area contributed by atoms with Crippen LogP contribution in [0.25, 0.3) is 32.7 Å². The summed E-state index contributed by atoms with van der Waals surface area (Å²) in [6, 6.07) is 14.2. The van der Waals surface area contributed by atoms with Crippen LogP contribution in [-0.2, 0) is 6.42 Å². The highest BCUT2D eigenvalue weighted by Crippen LogP contribution is 2.43. The number of hydrogen-bond donors (Lipinski definition) is 1. The Bertz CT molecular complexity index is 1010. The van der Waals surface area contributed by atoms with Crippen molar-refractivity contribution in [2.75, 3.05) is 0 Å². The number of para-hydroxylation sites is 1. The average Bonchev–Trinajstić information content (AvgIpc) is 2.91. The van der Waals surface area contributed by atoms with Crippen molar-refractivity contribution in [1.82, 2.24) is 0 Å². The van der Waals surface area contributed by atoms with E-state index in [9.17, 15) is 5.11 Å². The van der Waals surface area contributed by atoms with Crippen LogP contribution in [0.2, 0.25) is 0 Å². The summed E-state index contributed by atoms with van der Waals surface area (Å²) in [6.45, 7) is 4.18. The van der Waals surface area contributed by atoms with E-state index in [1.807, 2.05) is 37.3 Å². The molecule has 0 spiro atoms. The maximum absolute atomic E-state index is 10.8. The molecule has 1 N–H and O–H groups in total. The lowest BCUT2D eigenvalue weighted by atomic mass is 9.95. The third kappa shape index (κ3) is 1.73. The smallest absolute Gasteiger partial charge is 0.143 e. The maximum Gasteiger partial charge on any atom is 0.143 e. The third-order valence-corrected chi connectivity index (χ3v) is 4.36. The van der Waals surface area contributed by atoms with Crippen LogP contribution in [0.4, 0.5) is 0 Å². The van der Waals surface area contributed by atoms with Crippen LogP contribution in [0.5, 0.6) is 5.75 Å². The lowest BCUT2D eigenvalue weighted by Crippen LogP contribution is -1.89. The molecule has 1 aromatic heterocycles. The van der Waals surface area contributed by atoms with Gasteiger partial charge in [-0.15, -0.1) is 0 Å². The Kier molecular flexibility index (Phi) is 2.86. The zero-order chi connectivity index (χ0) is 15.3. The van der Waals surface area contributed by atoms with Crippen LogP contribution in [0.15, 0.2) is 46.9 Å². The third-order valence-electron chi connectivity index (χ3n) is 4.36. The van der Waals surface area contributed by atoms with Crippen molar-refractivity contribution in [3.63, 3.8) is 0 Å². The van der Waals surface area contributed by atoms with Gasteiger partial charge in [0.1, 0.15) is 16.9 Å². The Balaban J connectivity index is 2.30. The van der Waals surface area contributed by atoms with Crippen LogP contribution in [-0.4, -0.2) is 5.11 Å². The molecule has 2 heteroatoms. The molecule has 0 aliphatic rings. The minimum atomic E-state index is 0.402. The summed E-state index contributed by atoms with van der Waals surface area (Å²) in [7, 11) is 0. The number of benzene rings is 3. The van der Waals surface area contributed by atoms with Crippen molar-refractivity contribution in [1.29, 1.82) is 0 Å². The van der Waals surface area contributed by atoms with Gasteiger partial charge < -0.3 is 9.52 Å². The zero-order valence-electron chi connectivity index (χ0n) is 12.8. The second-order valence-corrected chi connectivity index (χ2v) is 5.93. The summed E-state index contributed by atoms with van der Waals surface area (Å²) in [5.41, 5.74) is 3.90. The molecule has 0 unspecified atom stereocenters. The maximum atomic E-state index is 10.8. The second-order valence-electron chi connectivity index (χ2n) is 5.93. The SMILES string of the molecule is CCCc1c(O)c2cc(C)ccc2c2oc3ccccc3c12. The number of hydrogen-bond acceptors (Lipinski definition) is 2. The number of furan rings is 1. The Hall–Kier alpha value is -2.48. The fourth-order valence-electron chi connectivity index (χ4n) is 3.36. The lowest BCUT2D eigenvalue weighted by molar-refractivity contribution is 0.475. The van der Waals surface area contributed by atoms with Crippen molar-refractivity contribution in [3.05, 3.63) is 53.6 Å². The number of phenolic OH excluding ortho intramolecular Hbond substituents is 1. The lowest BCUT2D eigenvalue weighted by Gasteiger charge is -2.10. The van der Waals surface area contributed by atoms with Gasteiger partial charge >= 0.3 is 0 Å². The summed E-state index contributed by atoms with van der Waals surface area (Å²) >= 11 is 0. The van der Waals surface area contributed by atoms with Crippen LogP contribution in [0.1, 0.15) is 24.5 Å². The van der Waals surface area contributed by atoms with E-state index in [0.29, 0.717) is 5.75 Å². The van der Waals surface area contributed by atoms with Crippen LogP contribution in [0.3, 0.4) is 0 Å². The van der Waals surface area contributed by atoms with Crippen molar-refractivity contribution in [2.24, 2.45) is 0 Å². The number of fused-ring (bicyclic) bond motifs is 5. The molecule has 0 aliphatic heterocycles. The molecular weight excluding hydrogens is 272 g/mol. The second kappa shape index (κ2) is 4.77. The molecule has 0 atom stereocenters. The molecule has 0 saturated heterocycles. The Labute approximate surface area is 129 Å². The molecule has 3 aromatic carbocycles. The van der Waals surface area contributed by atoms with E-state index >= 15 is 0 Å². The number of rotatable bonds is 2. The molecule has 2 nitrogen and oxygen atoms in total. The fraction of sp³-hybridized carbons (Fsp3) is 0.200. The first-order chi connectivity index (χ1) is 10.7. The summed E-state index contributed by atoms with van der Waals surface area (Å²) in [5, 5.41) is 14.8. The molecule has 22 heavy (non-hydrogen) atoms. The Morgan fingerprint density at radius 2 is 1.82 bits per heavy atom. The highest BCUT2D eigenvalue weighted by molar-refractivity contribution is 6.18. The average molecular weight is 290 g/mol. The van der Waals surface area contributed by atoms with E-state index in [4.69, 9.17) is 4.42 Å². The summed E-state index contributed by atoms with van der Waals surface area (Å²) < 4.78 is 6.14. The fourth-order valence-corrected chi connectivity index (χ4v) is 3.36. The van der Waals surface area contributed by atoms with E-state index in [1.54, 1.807) is 0 Å². The van der Waals surface area contributed by atoms with Gasteiger partial charge in [-0.3, -0.25) is 0 Å². The van der Waals surface area contributed by atoms with Crippen LogP contribution >= 0.6 is 0 Å². The van der Waals surface area contributed by atoms with Gasteiger partial charge in [0.25, 0.3) is 0 Å². The van der Waals surface area contributed by atoms with Gasteiger partial charge in [0.2, 0.25) is 0 Å². The molecule has 0 radical (unpaired) electrons. The minimum absolute atomic E-state index is 0.402. The highest BCUT2D eigenvalue weighted by Gasteiger charge is 2.19. The van der Waals surface area contributed by atoms with E-state index in [0.717, 1.165) is 56.7 Å². The van der Waals surface area contributed by atoms with Gasteiger partial charge in [-0.05, 0) is 25.5 Å². The van der Waals surface area contributed by atoms with Crippen molar-refractivity contribution < 1.29 is 9.52 Å². The molecule has 0 amide bonds. The minimum Gasteiger partial charge on any atom is -0.507 e. The number of phenols is 1. The monoisotopic (exact) mass is 290 g/mol. The zero-order valence-corrected chi connectivity index (χ0v) is 12.8. The van der Waals surface area contributed by atoms with Gasteiger partial charge in [0.05, 0.1) is 0 Å². The molecule has 1 heterocycles. The van der Waals surface area contributed by atoms with E-state index in [2.05, 4.69) is 19.1 Å². The molecule has 4 rings (SSSR count). The molecule has 0 fully saturated rings. The van der Waals surface area contributed by atoms with Gasteiger partial charge in [-0.25, -0.2) is 0 Å². The van der Waals surface area contributed by atoms with Crippen molar-refractivity contribution in [3.8, 4) is 5.75 Å². The molecule has 110 valence electrons. The van der Waals surface area contributed by atoms with E-state index in [-0.39, 0.29) is 0 Å². The van der Waals surface area contributed by atoms with Gasteiger partial charge in [0.15, 0.2) is 0 Å². The Morgan fingerprint density at radius 3 is 2.64 bits per heavy atom. The first-order valence-electron chi connectivity index (χ1n) is 7.76. The number of aromatic hydroxyl groups is 1. The Morgan fingerprint density at radius 1 is 1.00 bits per heavy atom. The van der Waals surface area contributed by atoms with Crippen LogP contribution in [0, 0.1) is 6.92 Å². The normalized spacial score (nSPS) is 11.7. The molecular formula is C20H18O2. The van der Waals surface area contributed by atoms with Crippen molar-refractivity contribution >= 4 is 32.7 Å². The number of aryl methyl sites for hydroxylation is 2. The standard InChI is InChI=1S/C20H18O2/c1-3-6-15-18-14-7-4-5-8-17(14)22-20(18)13-10-9-12(2)11-16(13)19(15)21/h4-5,7-11,21H,3,6H2,1-2H3. The topological polar surface area (TPSA) is 33.4 Å². The molecule has 0 saturated carbocycles.